The second kappa shape index (κ2) is 8.64. The molecule has 0 aromatic carbocycles. The van der Waals surface area contributed by atoms with Crippen molar-refractivity contribution in [2.45, 2.75) is 124 Å². The van der Waals surface area contributed by atoms with Crippen LogP contribution in [0.1, 0.15) is 106 Å². The van der Waals surface area contributed by atoms with Crippen LogP contribution in [0, 0.1) is 39.4 Å². The van der Waals surface area contributed by atoms with Gasteiger partial charge in [-0.05, 0) is 92.3 Å². The maximum atomic E-state index is 13.9. The molecule has 2 fully saturated rings. The number of Topliss-reactive ketones (excluding diaryl/α,β-unsaturated/α-hetero) is 1. The smallest absolute Gasteiger partial charge is 0.159 e. The summed E-state index contributed by atoms with van der Waals surface area (Å²) in [4.78, 5) is 13.9. The number of aliphatic hydroxyl groups is 4. The lowest BCUT2D eigenvalue weighted by molar-refractivity contribution is -0.134. The Kier molecular flexibility index (Phi) is 6.74. The third-order valence-corrected chi connectivity index (χ3v) is 12.2. The summed E-state index contributed by atoms with van der Waals surface area (Å²) in [5.74, 6) is 1.32. The van der Waals surface area contributed by atoms with Gasteiger partial charge in [-0.2, -0.15) is 0 Å². The van der Waals surface area contributed by atoms with E-state index >= 15 is 0 Å². The Hall–Kier alpha value is -0.750. The third kappa shape index (κ3) is 3.82. The molecule has 5 nitrogen and oxygen atoms in total. The molecule has 0 aromatic rings. The molecule has 0 saturated heterocycles. The van der Waals surface area contributed by atoms with Crippen LogP contribution in [-0.4, -0.2) is 50.6 Å². The van der Waals surface area contributed by atoms with Gasteiger partial charge in [0.1, 0.15) is 5.60 Å². The highest BCUT2D eigenvalue weighted by Gasteiger charge is 2.65. The third-order valence-electron chi connectivity index (χ3n) is 12.2. The summed E-state index contributed by atoms with van der Waals surface area (Å²) in [6.45, 7) is 14.7. The van der Waals surface area contributed by atoms with Crippen molar-refractivity contribution >= 4 is 5.78 Å². The fourth-order valence-electron chi connectivity index (χ4n) is 9.34. The molecule has 200 valence electrons. The molecule has 0 aliphatic heterocycles. The second-order valence-corrected chi connectivity index (χ2v) is 14.3. The van der Waals surface area contributed by atoms with E-state index in [1.807, 2.05) is 0 Å². The Balaban J connectivity index is 1.63. The zero-order valence-corrected chi connectivity index (χ0v) is 23.2. The average Bonchev–Trinajstić information content (AvgIpc) is 3.07. The van der Waals surface area contributed by atoms with E-state index in [1.165, 1.54) is 12.5 Å². The van der Waals surface area contributed by atoms with Gasteiger partial charge >= 0.3 is 0 Å². The molecule has 0 heterocycles. The predicted molar refractivity (Wildman–Crippen MR) is 138 cm³/mol. The van der Waals surface area contributed by atoms with E-state index in [-0.39, 0.29) is 33.7 Å². The van der Waals surface area contributed by atoms with Crippen molar-refractivity contribution in [3.05, 3.63) is 11.1 Å². The minimum Gasteiger partial charge on any atom is -0.393 e. The van der Waals surface area contributed by atoms with E-state index < -0.39 is 18.3 Å². The van der Waals surface area contributed by atoms with Crippen molar-refractivity contribution in [3.63, 3.8) is 0 Å². The first-order valence-corrected chi connectivity index (χ1v) is 14.0. The summed E-state index contributed by atoms with van der Waals surface area (Å²) in [5, 5.41) is 40.8. The van der Waals surface area contributed by atoms with E-state index in [1.54, 1.807) is 0 Å². The van der Waals surface area contributed by atoms with Crippen LogP contribution in [0.2, 0.25) is 0 Å². The van der Waals surface area contributed by atoms with Crippen LogP contribution >= 0.6 is 0 Å². The molecule has 0 aromatic heterocycles. The van der Waals surface area contributed by atoms with Gasteiger partial charge in [0, 0.05) is 17.4 Å². The number of hydrogen-bond donors (Lipinski definition) is 4. The number of aliphatic hydroxyl groups excluding tert-OH is 3. The summed E-state index contributed by atoms with van der Waals surface area (Å²) in [6, 6.07) is 0. The van der Waals surface area contributed by atoms with Gasteiger partial charge in [-0.25, -0.2) is 0 Å². The fraction of sp³-hybridized carbons (Fsp3) is 0.900. The molecular weight excluding hydrogens is 440 g/mol. The zero-order valence-electron chi connectivity index (χ0n) is 23.2. The van der Waals surface area contributed by atoms with Gasteiger partial charge in [-0.3, -0.25) is 4.79 Å². The normalized spacial score (nSPS) is 44.2. The molecule has 0 unspecified atom stereocenters. The Morgan fingerprint density at radius 1 is 1.06 bits per heavy atom. The monoisotopic (exact) mass is 490 g/mol. The van der Waals surface area contributed by atoms with Crippen LogP contribution in [0.5, 0.6) is 0 Å². The van der Waals surface area contributed by atoms with Crippen molar-refractivity contribution in [1.82, 2.24) is 0 Å². The number of ketones is 1. The SMILES string of the molecule is C[C@H](CC[C@H](O)[C@@](C)(O)CO)[C@H]1CC[C@@]2(C)C3=C(CC[C@]12C)[C@@]1(C)CC[C@H](O)C(C)(C)[C@@H]1CC3=O. The van der Waals surface area contributed by atoms with Crippen LogP contribution < -0.4 is 0 Å². The van der Waals surface area contributed by atoms with Crippen molar-refractivity contribution in [2.24, 2.45) is 39.4 Å². The average molecular weight is 491 g/mol. The van der Waals surface area contributed by atoms with Gasteiger partial charge < -0.3 is 20.4 Å². The quantitative estimate of drug-likeness (QED) is 0.429. The molecule has 4 aliphatic rings. The standard InChI is InChI=1S/C30H50O5/c1-18(8-9-24(34)30(7,35)17-31)19-10-15-29(6)25-20(11-14-28(19,29)5)27(4)13-12-23(33)26(2,3)22(27)16-21(25)32/h18-19,22-24,31,33-35H,8-17H2,1-7H3/t18-,19-,22+,23+,24+,27-,28-,29+,30+/m1/s1. The van der Waals surface area contributed by atoms with Crippen LogP contribution in [-0.2, 0) is 4.79 Å². The Morgan fingerprint density at radius 3 is 2.34 bits per heavy atom. The lowest BCUT2D eigenvalue weighted by Crippen LogP contribution is -2.57. The first kappa shape index (κ1) is 27.3. The Labute approximate surface area is 212 Å². The van der Waals surface area contributed by atoms with Crippen LogP contribution in [0.3, 0.4) is 0 Å². The first-order chi connectivity index (χ1) is 16.1. The van der Waals surface area contributed by atoms with E-state index in [2.05, 4.69) is 41.5 Å². The molecule has 0 amide bonds. The Morgan fingerprint density at radius 2 is 1.71 bits per heavy atom. The van der Waals surface area contributed by atoms with Gasteiger partial charge in [0.15, 0.2) is 5.78 Å². The van der Waals surface area contributed by atoms with Crippen molar-refractivity contribution < 1.29 is 25.2 Å². The number of rotatable bonds is 6. The summed E-state index contributed by atoms with van der Waals surface area (Å²) < 4.78 is 0. The molecule has 5 heteroatoms. The van der Waals surface area contributed by atoms with E-state index in [0.717, 1.165) is 50.5 Å². The number of allylic oxidation sites excluding steroid dienone is 2. The molecule has 9 atom stereocenters. The molecule has 0 spiro atoms. The van der Waals surface area contributed by atoms with Gasteiger partial charge in [-0.1, -0.05) is 47.1 Å². The number of carbonyl (C=O) groups is 1. The van der Waals surface area contributed by atoms with Gasteiger partial charge in [0.2, 0.25) is 0 Å². The number of carbonyl (C=O) groups excluding carboxylic acids is 1. The van der Waals surface area contributed by atoms with Gasteiger partial charge in [0.05, 0.1) is 18.8 Å². The predicted octanol–water partition coefficient (Wildman–Crippen LogP) is 4.80. The topological polar surface area (TPSA) is 98.0 Å². The number of fused-ring (bicyclic) bond motifs is 4. The van der Waals surface area contributed by atoms with Crippen LogP contribution in [0.4, 0.5) is 0 Å². The maximum Gasteiger partial charge on any atom is 0.159 e. The molecule has 2 saturated carbocycles. The lowest BCUT2D eigenvalue weighted by atomic mass is 9.43. The summed E-state index contributed by atoms with van der Waals surface area (Å²) in [5.41, 5.74) is 0.682. The van der Waals surface area contributed by atoms with Crippen molar-refractivity contribution in [1.29, 1.82) is 0 Å². The summed E-state index contributed by atoms with van der Waals surface area (Å²) in [6.07, 6.45) is 6.42. The number of hydrogen-bond acceptors (Lipinski definition) is 5. The second-order valence-electron chi connectivity index (χ2n) is 14.3. The molecular formula is C30H50O5. The zero-order chi connectivity index (χ0) is 26.2. The van der Waals surface area contributed by atoms with E-state index in [0.29, 0.717) is 30.5 Å². The van der Waals surface area contributed by atoms with E-state index in [9.17, 15) is 25.2 Å². The maximum absolute atomic E-state index is 13.9. The minimum absolute atomic E-state index is 0.0139. The van der Waals surface area contributed by atoms with E-state index in [4.69, 9.17) is 0 Å². The molecule has 0 radical (unpaired) electrons. The van der Waals surface area contributed by atoms with Gasteiger partial charge in [0.25, 0.3) is 0 Å². The highest BCUT2D eigenvalue weighted by atomic mass is 16.4. The Bertz CT molecular complexity index is 889. The highest BCUT2D eigenvalue weighted by molar-refractivity contribution is 5.99. The molecule has 4 N–H and O–H groups in total. The summed E-state index contributed by atoms with van der Waals surface area (Å²) >= 11 is 0. The highest BCUT2D eigenvalue weighted by Crippen LogP contribution is 2.71. The summed E-state index contributed by atoms with van der Waals surface area (Å²) in [7, 11) is 0. The first-order valence-electron chi connectivity index (χ1n) is 14.0. The van der Waals surface area contributed by atoms with Crippen molar-refractivity contribution in [2.75, 3.05) is 6.61 Å². The molecule has 35 heavy (non-hydrogen) atoms. The van der Waals surface area contributed by atoms with Crippen LogP contribution in [0.25, 0.3) is 0 Å². The molecule has 4 aliphatic carbocycles. The molecule has 4 rings (SSSR count). The fourth-order valence-corrected chi connectivity index (χ4v) is 9.34. The minimum atomic E-state index is -1.47. The largest absolute Gasteiger partial charge is 0.393 e. The van der Waals surface area contributed by atoms with Crippen LogP contribution in [0.15, 0.2) is 11.1 Å². The van der Waals surface area contributed by atoms with Crippen molar-refractivity contribution in [3.8, 4) is 0 Å². The van der Waals surface area contributed by atoms with Gasteiger partial charge in [-0.15, -0.1) is 0 Å². The molecule has 0 bridgehead atoms. The lowest BCUT2D eigenvalue weighted by Gasteiger charge is -2.61.